The Balaban J connectivity index is 1.70. The van der Waals surface area contributed by atoms with E-state index in [1.54, 1.807) is 0 Å². The summed E-state index contributed by atoms with van der Waals surface area (Å²) >= 11 is 0. The standard InChI is InChI=1S/C27H37N3O4/c1-27(2,3)25(32)29-30(16-10-11-17-30)19-24(31)23(18-21-12-6-4-7-13-21)28-26(33)34-20-22-14-8-5-9-15-22/h4-9,12-15,23-24,31H,10-11,16-20H2,1-3H3,(H-,28,29,32,33)/p+1/t23-,24+/m1/s1. The third kappa shape index (κ3) is 7.57. The van der Waals surface area contributed by atoms with Crippen LogP contribution in [0.15, 0.2) is 60.7 Å². The van der Waals surface area contributed by atoms with Gasteiger partial charge in [0.2, 0.25) is 0 Å². The first kappa shape index (κ1) is 25.7. The van der Waals surface area contributed by atoms with Gasteiger partial charge in [-0.2, -0.15) is 0 Å². The predicted molar refractivity (Wildman–Crippen MR) is 131 cm³/mol. The molecule has 7 heteroatoms. The molecule has 1 saturated heterocycles. The summed E-state index contributed by atoms with van der Waals surface area (Å²) in [6, 6.07) is 18.7. The van der Waals surface area contributed by atoms with E-state index in [4.69, 9.17) is 4.74 Å². The van der Waals surface area contributed by atoms with E-state index < -0.39 is 23.7 Å². The molecule has 0 spiro atoms. The molecule has 7 nitrogen and oxygen atoms in total. The fourth-order valence-corrected chi connectivity index (χ4v) is 4.22. The molecule has 34 heavy (non-hydrogen) atoms. The Hall–Kier alpha value is -2.90. The normalized spacial score (nSPS) is 16.9. The molecular formula is C27H38N3O4+. The van der Waals surface area contributed by atoms with Gasteiger partial charge in [-0.1, -0.05) is 81.4 Å². The van der Waals surface area contributed by atoms with Crippen LogP contribution in [0.5, 0.6) is 0 Å². The van der Waals surface area contributed by atoms with E-state index >= 15 is 0 Å². The zero-order chi connectivity index (χ0) is 24.6. The second-order valence-corrected chi connectivity index (χ2v) is 10.2. The minimum atomic E-state index is -0.872. The lowest BCUT2D eigenvalue weighted by atomic mass is 9.96. The minimum Gasteiger partial charge on any atom is -0.445 e. The maximum absolute atomic E-state index is 12.8. The second kappa shape index (κ2) is 11.5. The maximum atomic E-state index is 12.8. The zero-order valence-electron chi connectivity index (χ0n) is 20.5. The average Bonchev–Trinajstić information content (AvgIpc) is 3.26. The number of rotatable bonds is 9. The Bertz CT molecular complexity index is 922. The van der Waals surface area contributed by atoms with Crippen molar-refractivity contribution in [2.24, 2.45) is 5.41 Å². The molecule has 2 aromatic carbocycles. The lowest BCUT2D eigenvalue weighted by molar-refractivity contribution is -0.953. The van der Waals surface area contributed by atoms with Gasteiger partial charge in [0, 0.05) is 18.3 Å². The number of likely N-dealkylation sites (tertiary alicyclic amines) is 1. The lowest BCUT2D eigenvalue weighted by Gasteiger charge is -2.38. The number of benzene rings is 2. The predicted octanol–water partition coefficient (Wildman–Crippen LogP) is 3.57. The molecule has 3 rings (SSSR count). The Labute approximate surface area is 202 Å². The van der Waals surface area contributed by atoms with Gasteiger partial charge in [0.1, 0.15) is 32.3 Å². The molecule has 0 bridgehead atoms. The highest BCUT2D eigenvalue weighted by atomic mass is 16.5. The summed E-state index contributed by atoms with van der Waals surface area (Å²) in [6.45, 7) is 7.64. The number of aliphatic hydroxyl groups is 1. The van der Waals surface area contributed by atoms with Crippen LogP contribution in [-0.2, 0) is 22.6 Å². The number of nitrogens with zero attached hydrogens (tertiary/aromatic N) is 1. The van der Waals surface area contributed by atoms with Crippen LogP contribution in [0.25, 0.3) is 0 Å². The summed E-state index contributed by atoms with van der Waals surface area (Å²) in [5, 5.41) is 14.2. The van der Waals surface area contributed by atoms with E-state index in [-0.39, 0.29) is 12.5 Å². The quantitative estimate of drug-likeness (QED) is 0.491. The number of amides is 2. The summed E-state index contributed by atoms with van der Waals surface area (Å²) in [4.78, 5) is 25.4. The van der Waals surface area contributed by atoms with Crippen LogP contribution in [-0.4, -0.2) is 53.5 Å². The van der Waals surface area contributed by atoms with E-state index in [1.165, 1.54) is 0 Å². The molecule has 2 aromatic rings. The van der Waals surface area contributed by atoms with Gasteiger partial charge in [0.05, 0.1) is 6.04 Å². The lowest BCUT2D eigenvalue weighted by Crippen LogP contribution is -2.65. The van der Waals surface area contributed by atoms with Gasteiger partial charge in [-0.3, -0.25) is 4.79 Å². The number of quaternary nitrogens is 1. The van der Waals surface area contributed by atoms with Gasteiger partial charge in [-0.05, 0) is 17.5 Å². The molecule has 0 aromatic heterocycles. The molecule has 1 fully saturated rings. The fraction of sp³-hybridized carbons (Fsp3) is 0.481. The van der Waals surface area contributed by atoms with Crippen molar-refractivity contribution in [2.45, 2.75) is 58.8 Å². The molecule has 2 amide bonds. The number of ether oxygens (including phenoxy) is 1. The summed E-state index contributed by atoms with van der Waals surface area (Å²) < 4.78 is 5.74. The molecule has 0 unspecified atom stereocenters. The van der Waals surface area contributed by atoms with E-state index in [1.807, 2.05) is 81.4 Å². The number of nitrogens with one attached hydrogen (secondary N) is 2. The largest absolute Gasteiger partial charge is 0.445 e. The van der Waals surface area contributed by atoms with Gasteiger partial charge in [0.25, 0.3) is 5.91 Å². The molecule has 0 saturated carbocycles. The molecule has 0 radical (unpaired) electrons. The second-order valence-electron chi connectivity index (χ2n) is 10.2. The van der Waals surface area contributed by atoms with Crippen molar-refractivity contribution < 1.29 is 24.0 Å². The van der Waals surface area contributed by atoms with Crippen LogP contribution in [0.3, 0.4) is 0 Å². The average molecular weight is 469 g/mol. The van der Waals surface area contributed by atoms with Crippen molar-refractivity contribution in [2.75, 3.05) is 19.6 Å². The van der Waals surface area contributed by atoms with E-state index in [0.717, 1.165) is 37.1 Å². The summed E-state index contributed by atoms with van der Waals surface area (Å²) in [5.74, 6) is -0.0450. The van der Waals surface area contributed by atoms with E-state index in [9.17, 15) is 14.7 Å². The number of carbonyl (C=O) groups is 2. The van der Waals surface area contributed by atoms with Crippen LogP contribution < -0.4 is 10.7 Å². The smallest absolute Gasteiger partial charge is 0.407 e. The monoisotopic (exact) mass is 468 g/mol. The van der Waals surface area contributed by atoms with Crippen LogP contribution in [0.1, 0.15) is 44.7 Å². The first-order valence-electron chi connectivity index (χ1n) is 12.0. The molecule has 0 aliphatic carbocycles. The van der Waals surface area contributed by atoms with Crippen molar-refractivity contribution in [3.8, 4) is 0 Å². The number of aliphatic hydroxyl groups excluding tert-OH is 1. The van der Waals surface area contributed by atoms with Crippen LogP contribution in [0.4, 0.5) is 4.79 Å². The Kier molecular flexibility index (Phi) is 8.69. The molecular weight excluding hydrogens is 430 g/mol. The molecule has 1 heterocycles. The number of hydrogen-bond acceptors (Lipinski definition) is 4. The molecule has 2 atom stereocenters. The molecule has 184 valence electrons. The van der Waals surface area contributed by atoms with Crippen LogP contribution >= 0.6 is 0 Å². The van der Waals surface area contributed by atoms with Crippen molar-refractivity contribution in [1.82, 2.24) is 10.7 Å². The van der Waals surface area contributed by atoms with Gasteiger partial charge in [-0.25, -0.2) is 14.8 Å². The number of alkyl carbamates (subject to hydrolysis) is 1. The third-order valence-corrected chi connectivity index (χ3v) is 6.26. The fourth-order valence-electron chi connectivity index (χ4n) is 4.22. The number of carbonyl (C=O) groups excluding carboxylic acids is 2. The van der Waals surface area contributed by atoms with Crippen molar-refractivity contribution in [3.05, 3.63) is 71.8 Å². The highest BCUT2D eigenvalue weighted by Gasteiger charge is 2.41. The SMILES string of the molecule is CC(C)(C)C(=O)N[N+]1(C[C@H](O)[C@@H](Cc2ccccc2)NC(=O)OCc2ccccc2)CCCC1. The van der Waals surface area contributed by atoms with E-state index in [0.29, 0.717) is 17.6 Å². The minimum absolute atomic E-state index is 0.0450. The highest BCUT2D eigenvalue weighted by molar-refractivity contribution is 5.80. The molecule has 1 aliphatic rings. The van der Waals surface area contributed by atoms with Gasteiger partial charge in [-0.15, -0.1) is 0 Å². The number of hydrogen-bond donors (Lipinski definition) is 3. The maximum Gasteiger partial charge on any atom is 0.407 e. The Morgan fingerprint density at radius 2 is 1.53 bits per heavy atom. The summed E-state index contributed by atoms with van der Waals surface area (Å²) in [7, 11) is 0. The van der Waals surface area contributed by atoms with Crippen LogP contribution in [0, 0.1) is 5.41 Å². The molecule has 1 aliphatic heterocycles. The topological polar surface area (TPSA) is 87.7 Å². The summed E-state index contributed by atoms with van der Waals surface area (Å²) in [6.07, 6.45) is 0.967. The molecule has 3 N–H and O–H groups in total. The third-order valence-electron chi connectivity index (χ3n) is 6.26. The van der Waals surface area contributed by atoms with Gasteiger partial charge < -0.3 is 15.2 Å². The van der Waals surface area contributed by atoms with Crippen molar-refractivity contribution in [3.63, 3.8) is 0 Å². The first-order chi connectivity index (χ1) is 16.2. The van der Waals surface area contributed by atoms with Crippen molar-refractivity contribution >= 4 is 12.0 Å². The first-order valence-corrected chi connectivity index (χ1v) is 12.0. The highest BCUT2D eigenvalue weighted by Crippen LogP contribution is 2.22. The summed E-state index contributed by atoms with van der Waals surface area (Å²) in [5.41, 5.74) is 4.54. The van der Waals surface area contributed by atoms with E-state index in [2.05, 4.69) is 10.7 Å². The van der Waals surface area contributed by atoms with Crippen molar-refractivity contribution in [1.29, 1.82) is 0 Å². The zero-order valence-corrected chi connectivity index (χ0v) is 20.5. The van der Waals surface area contributed by atoms with Crippen LogP contribution in [0.2, 0.25) is 0 Å². The Morgan fingerprint density at radius 3 is 2.09 bits per heavy atom. The van der Waals surface area contributed by atoms with Gasteiger partial charge in [0.15, 0.2) is 0 Å². The Morgan fingerprint density at radius 1 is 0.971 bits per heavy atom. The van der Waals surface area contributed by atoms with Gasteiger partial charge >= 0.3 is 6.09 Å².